The Balaban J connectivity index is 2.10. The van der Waals surface area contributed by atoms with E-state index in [1.54, 1.807) is 0 Å². The molecule has 1 aliphatic carbocycles. The minimum atomic E-state index is 0.174. The van der Waals surface area contributed by atoms with E-state index in [0.29, 0.717) is 5.78 Å². The lowest BCUT2D eigenvalue weighted by atomic mass is 9.83. The molecule has 0 radical (unpaired) electrons. The molecule has 0 heterocycles. The number of Topliss-reactive ketones (excluding diaryl/α,β-unsaturated/α-hetero) is 1. The number of ether oxygens (including phenoxy) is 1. The summed E-state index contributed by atoms with van der Waals surface area (Å²) in [4.78, 5) is 11.9. The number of carbonyl (C=O) groups excluding carboxylic acids is 1. The first-order valence-electron chi connectivity index (χ1n) is 6.94. The van der Waals surface area contributed by atoms with Gasteiger partial charge in [0.1, 0.15) is 11.5 Å². The zero-order chi connectivity index (χ0) is 13.0. The molecular weight excluding hydrogens is 224 g/mol. The smallest absolute Gasteiger partial charge is 0.136 e. The highest BCUT2D eigenvalue weighted by molar-refractivity contribution is 5.82. The SMILES string of the molecule is CC(C)Oc1ccccc1CC1CCCCC1=O. The predicted molar refractivity (Wildman–Crippen MR) is 72.9 cm³/mol. The van der Waals surface area contributed by atoms with E-state index in [4.69, 9.17) is 4.74 Å². The fourth-order valence-electron chi connectivity index (χ4n) is 2.58. The van der Waals surface area contributed by atoms with Crippen molar-refractivity contribution >= 4 is 5.78 Å². The van der Waals surface area contributed by atoms with Crippen molar-refractivity contribution in [2.24, 2.45) is 5.92 Å². The Hall–Kier alpha value is -1.31. The molecule has 0 saturated heterocycles. The van der Waals surface area contributed by atoms with Crippen LogP contribution >= 0.6 is 0 Å². The van der Waals surface area contributed by atoms with Crippen molar-refractivity contribution in [1.29, 1.82) is 0 Å². The van der Waals surface area contributed by atoms with Gasteiger partial charge in [0.05, 0.1) is 6.10 Å². The van der Waals surface area contributed by atoms with Crippen molar-refractivity contribution in [3.63, 3.8) is 0 Å². The van der Waals surface area contributed by atoms with Gasteiger partial charge in [-0.3, -0.25) is 4.79 Å². The highest BCUT2D eigenvalue weighted by Crippen LogP contribution is 2.28. The Morgan fingerprint density at radius 1 is 1.28 bits per heavy atom. The summed E-state index contributed by atoms with van der Waals surface area (Å²) in [6.07, 6.45) is 5.06. The van der Waals surface area contributed by atoms with Crippen LogP contribution in [0.5, 0.6) is 5.75 Å². The van der Waals surface area contributed by atoms with Gasteiger partial charge in [-0.1, -0.05) is 24.6 Å². The molecule has 0 spiro atoms. The van der Waals surface area contributed by atoms with E-state index >= 15 is 0 Å². The number of carbonyl (C=O) groups is 1. The van der Waals surface area contributed by atoms with Crippen molar-refractivity contribution in [3.05, 3.63) is 29.8 Å². The molecule has 98 valence electrons. The van der Waals surface area contributed by atoms with Crippen LogP contribution in [0.25, 0.3) is 0 Å². The lowest BCUT2D eigenvalue weighted by Gasteiger charge is -2.22. The standard InChI is InChI=1S/C16H22O2/c1-12(2)18-16-10-6-4-8-14(16)11-13-7-3-5-9-15(13)17/h4,6,8,10,12-13H,3,5,7,9,11H2,1-2H3. The normalized spacial score (nSPS) is 20.2. The Bertz CT molecular complexity index is 409. The fraction of sp³-hybridized carbons (Fsp3) is 0.562. The maximum absolute atomic E-state index is 11.9. The van der Waals surface area contributed by atoms with E-state index in [1.807, 2.05) is 32.0 Å². The van der Waals surface area contributed by atoms with Crippen LogP contribution in [-0.4, -0.2) is 11.9 Å². The van der Waals surface area contributed by atoms with Crippen LogP contribution in [0, 0.1) is 5.92 Å². The van der Waals surface area contributed by atoms with E-state index < -0.39 is 0 Å². The lowest BCUT2D eigenvalue weighted by molar-refractivity contribution is -0.124. The summed E-state index contributed by atoms with van der Waals surface area (Å²) in [5.74, 6) is 1.57. The molecule has 0 aromatic heterocycles. The van der Waals surface area contributed by atoms with Gasteiger partial charge in [0.2, 0.25) is 0 Å². The molecule has 2 nitrogen and oxygen atoms in total. The number of benzene rings is 1. The van der Waals surface area contributed by atoms with Crippen molar-refractivity contribution < 1.29 is 9.53 Å². The number of para-hydroxylation sites is 1. The van der Waals surface area contributed by atoms with Crippen molar-refractivity contribution in [2.75, 3.05) is 0 Å². The molecule has 1 aromatic rings. The van der Waals surface area contributed by atoms with Gasteiger partial charge in [0, 0.05) is 12.3 Å². The molecule has 0 aliphatic heterocycles. The summed E-state index contributed by atoms with van der Waals surface area (Å²) in [7, 11) is 0. The largest absolute Gasteiger partial charge is 0.491 e. The number of hydrogen-bond acceptors (Lipinski definition) is 2. The molecule has 2 rings (SSSR count). The molecule has 0 amide bonds. The molecular formula is C16H22O2. The van der Waals surface area contributed by atoms with Crippen LogP contribution in [0.4, 0.5) is 0 Å². The van der Waals surface area contributed by atoms with Crippen LogP contribution in [0.2, 0.25) is 0 Å². The first kappa shape index (κ1) is 13.1. The predicted octanol–water partition coefficient (Wildman–Crippen LogP) is 3.78. The Kier molecular flexibility index (Phi) is 4.40. The molecule has 0 N–H and O–H groups in total. The number of rotatable bonds is 4. The summed E-state index contributed by atoms with van der Waals surface area (Å²) in [5, 5.41) is 0. The summed E-state index contributed by atoms with van der Waals surface area (Å²) in [5.41, 5.74) is 1.17. The van der Waals surface area contributed by atoms with Gasteiger partial charge < -0.3 is 4.74 Å². The monoisotopic (exact) mass is 246 g/mol. The molecule has 1 aromatic carbocycles. The Morgan fingerprint density at radius 2 is 2.06 bits per heavy atom. The molecule has 0 bridgehead atoms. The fourth-order valence-corrected chi connectivity index (χ4v) is 2.58. The van der Waals surface area contributed by atoms with E-state index in [0.717, 1.165) is 31.4 Å². The van der Waals surface area contributed by atoms with Gasteiger partial charge >= 0.3 is 0 Å². The topological polar surface area (TPSA) is 26.3 Å². The first-order valence-corrected chi connectivity index (χ1v) is 6.94. The third-order valence-corrected chi connectivity index (χ3v) is 3.48. The van der Waals surface area contributed by atoms with E-state index in [1.165, 1.54) is 12.0 Å². The van der Waals surface area contributed by atoms with Gasteiger partial charge in [0.25, 0.3) is 0 Å². The zero-order valence-electron chi connectivity index (χ0n) is 11.3. The Labute approximate surface area is 109 Å². The van der Waals surface area contributed by atoms with Gasteiger partial charge in [0.15, 0.2) is 0 Å². The lowest BCUT2D eigenvalue weighted by Crippen LogP contribution is -2.21. The van der Waals surface area contributed by atoms with Crippen LogP contribution in [0.1, 0.15) is 45.1 Å². The molecule has 1 atom stereocenters. The number of hydrogen-bond donors (Lipinski definition) is 0. The average Bonchev–Trinajstić information content (AvgIpc) is 2.34. The van der Waals surface area contributed by atoms with Crippen LogP contribution in [0.15, 0.2) is 24.3 Å². The minimum Gasteiger partial charge on any atom is -0.491 e. The quantitative estimate of drug-likeness (QED) is 0.808. The van der Waals surface area contributed by atoms with Gasteiger partial charge in [-0.2, -0.15) is 0 Å². The van der Waals surface area contributed by atoms with E-state index in [-0.39, 0.29) is 12.0 Å². The molecule has 18 heavy (non-hydrogen) atoms. The summed E-state index contributed by atoms with van der Waals surface area (Å²) >= 11 is 0. The second kappa shape index (κ2) is 6.03. The van der Waals surface area contributed by atoms with Crippen molar-refractivity contribution in [3.8, 4) is 5.75 Å². The third kappa shape index (κ3) is 3.34. The van der Waals surface area contributed by atoms with E-state index in [9.17, 15) is 4.79 Å². The van der Waals surface area contributed by atoms with Crippen molar-refractivity contribution in [2.45, 2.75) is 52.1 Å². The summed E-state index contributed by atoms with van der Waals surface area (Å²) < 4.78 is 5.81. The van der Waals surface area contributed by atoms with E-state index in [2.05, 4.69) is 6.07 Å². The number of ketones is 1. The van der Waals surface area contributed by atoms with Gasteiger partial charge in [-0.25, -0.2) is 0 Å². The van der Waals surface area contributed by atoms with Crippen LogP contribution < -0.4 is 4.74 Å². The maximum atomic E-state index is 11.9. The Morgan fingerprint density at radius 3 is 2.78 bits per heavy atom. The third-order valence-electron chi connectivity index (χ3n) is 3.48. The highest BCUT2D eigenvalue weighted by atomic mass is 16.5. The molecule has 2 heteroatoms. The summed E-state index contributed by atoms with van der Waals surface area (Å²) in [6.45, 7) is 4.06. The van der Waals surface area contributed by atoms with Crippen LogP contribution in [-0.2, 0) is 11.2 Å². The second-order valence-corrected chi connectivity index (χ2v) is 5.39. The highest BCUT2D eigenvalue weighted by Gasteiger charge is 2.23. The average molecular weight is 246 g/mol. The summed E-state index contributed by atoms with van der Waals surface area (Å²) in [6, 6.07) is 8.10. The van der Waals surface area contributed by atoms with Gasteiger partial charge in [-0.15, -0.1) is 0 Å². The minimum absolute atomic E-state index is 0.174. The zero-order valence-corrected chi connectivity index (χ0v) is 11.3. The molecule has 1 fully saturated rings. The molecule has 1 unspecified atom stereocenters. The molecule has 1 saturated carbocycles. The second-order valence-electron chi connectivity index (χ2n) is 5.39. The maximum Gasteiger partial charge on any atom is 0.136 e. The van der Waals surface area contributed by atoms with Gasteiger partial charge in [-0.05, 0) is 44.7 Å². The first-order chi connectivity index (χ1) is 8.66. The van der Waals surface area contributed by atoms with Crippen LogP contribution in [0.3, 0.4) is 0 Å². The molecule has 1 aliphatic rings. The van der Waals surface area contributed by atoms with Crippen molar-refractivity contribution in [1.82, 2.24) is 0 Å².